The highest BCUT2D eigenvalue weighted by Gasteiger charge is 2.24. The van der Waals surface area contributed by atoms with Gasteiger partial charge in [0.05, 0.1) is 5.03 Å². The van der Waals surface area contributed by atoms with Crippen molar-refractivity contribution in [3.05, 3.63) is 89.6 Å². The molecule has 1 atom stereocenters. The minimum atomic E-state index is -0.365. The molecule has 27 heavy (non-hydrogen) atoms. The minimum absolute atomic E-state index is 0.0209. The van der Waals surface area contributed by atoms with Gasteiger partial charge in [0.1, 0.15) is 5.25 Å². The first-order chi connectivity index (χ1) is 13.2. The van der Waals surface area contributed by atoms with Crippen molar-refractivity contribution in [2.75, 3.05) is 5.32 Å². The highest BCUT2D eigenvalue weighted by atomic mass is 32.2. The molecule has 3 rings (SSSR count). The van der Waals surface area contributed by atoms with Gasteiger partial charge in [0.2, 0.25) is 5.91 Å². The zero-order chi connectivity index (χ0) is 19.1. The molecule has 0 bridgehead atoms. The molecule has 0 spiro atoms. The second kappa shape index (κ2) is 9.38. The average Bonchev–Trinajstić information content (AvgIpc) is 2.73. The topological polar surface area (TPSA) is 42.0 Å². The summed E-state index contributed by atoms with van der Waals surface area (Å²) in [5.41, 5.74) is 4.25. The van der Waals surface area contributed by atoms with Crippen LogP contribution in [0, 0.1) is 0 Å². The van der Waals surface area contributed by atoms with Crippen LogP contribution < -0.4 is 5.32 Å². The van der Waals surface area contributed by atoms with E-state index in [2.05, 4.69) is 42.3 Å². The summed E-state index contributed by atoms with van der Waals surface area (Å²) >= 11 is 1.47. The molecule has 0 radical (unpaired) electrons. The van der Waals surface area contributed by atoms with Gasteiger partial charge in [0.15, 0.2) is 0 Å². The first kappa shape index (κ1) is 19.2. The molecule has 0 unspecified atom stereocenters. The molecule has 0 saturated heterocycles. The molecule has 1 aromatic heterocycles. The number of hydrogen-bond donors (Lipinski definition) is 1. The monoisotopic (exact) mass is 376 g/mol. The van der Waals surface area contributed by atoms with E-state index in [1.165, 1.54) is 11.8 Å². The fourth-order valence-electron chi connectivity index (χ4n) is 3.03. The van der Waals surface area contributed by atoms with Crippen molar-refractivity contribution in [3.63, 3.8) is 0 Å². The SMILES string of the molecule is CCc1cccc(CC)c1NC(=O)[C@@H](Sc1ccccn1)c1ccccc1. The molecule has 0 aliphatic rings. The summed E-state index contributed by atoms with van der Waals surface area (Å²) in [5.74, 6) is -0.0209. The van der Waals surface area contributed by atoms with Gasteiger partial charge in [-0.1, -0.05) is 80.2 Å². The van der Waals surface area contributed by atoms with Gasteiger partial charge in [-0.3, -0.25) is 4.79 Å². The van der Waals surface area contributed by atoms with Gasteiger partial charge in [-0.15, -0.1) is 0 Å². The lowest BCUT2D eigenvalue weighted by Crippen LogP contribution is -2.21. The number of carbonyl (C=O) groups excluding carboxylic acids is 1. The van der Waals surface area contributed by atoms with Gasteiger partial charge in [0.25, 0.3) is 0 Å². The van der Waals surface area contributed by atoms with E-state index in [4.69, 9.17) is 0 Å². The Morgan fingerprint density at radius 3 is 2.19 bits per heavy atom. The fraction of sp³-hybridized carbons (Fsp3) is 0.217. The highest BCUT2D eigenvalue weighted by Crippen LogP contribution is 2.36. The van der Waals surface area contributed by atoms with Crippen molar-refractivity contribution in [2.24, 2.45) is 0 Å². The van der Waals surface area contributed by atoms with Gasteiger partial charge < -0.3 is 5.32 Å². The molecule has 3 nitrogen and oxygen atoms in total. The highest BCUT2D eigenvalue weighted by molar-refractivity contribution is 8.00. The lowest BCUT2D eigenvalue weighted by molar-refractivity contribution is -0.115. The first-order valence-electron chi connectivity index (χ1n) is 9.27. The van der Waals surface area contributed by atoms with Gasteiger partial charge in [-0.25, -0.2) is 4.98 Å². The van der Waals surface area contributed by atoms with Crippen LogP contribution in [0.15, 0.2) is 78.0 Å². The molecule has 2 aromatic carbocycles. The number of aromatic nitrogens is 1. The lowest BCUT2D eigenvalue weighted by atomic mass is 10.0. The molecule has 0 aliphatic heterocycles. The quantitative estimate of drug-likeness (QED) is 0.540. The van der Waals surface area contributed by atoms with Crippen LogP contribution >= 0.6 is 11.8 Å². The Labute approximate surface area is 165 Å². The molecule has 1 heterocycles. The Hall–Kier alpha value is -2.59. The molecule has 4 heteroatoms. The molecule has 0 saturated carbocycles. The van der Waals surface area contributed by atoms with Crippen LogP contribution in [0.4, 0.5) is 5.69 Å². The maximum absolute atomic E-state index is 13.3. The molecule has 138 valence electrons. The van der Waals surface area contributed by atoms with Crippen molar-refractivity contribution in [2.45, 2.75) is 37.0 Å². The number of rotatable bonds is 7. The number of anilines is 1. The third kappa shape index (κ3) is 4.77. The number of amides is 1. The Kier molecular flexibility index (Phi) is 6.66. The van der Waals surface area contributed by atoms with Crippen LogP contribution in [-0.2, 0) is 17.6 Å². The number of nitrogens with one attached hydrogen (secondary N) is 1. The summed E-state index contributed by atoms with van der Waals surface area (Å²) < 4.78 is 0. The van der Waals surface area contributed by atoms with Crippen LogP contribution in [0.25, 0.3) is 0 Å². The molecule has 0 fully saturated rings. The average molecular weight is 377 g/mol. The Balaban J connectivity index is 1.92. The van der Waals surface area contributed by atoms with Crippen LogP contribution in [0.2, 0.25) is 0 Å². The number of aryl methyl sites for hydroxylation is 2. The lowest BCUT2D eigenvalue weighted by Gasteiger charge is -2.20. The molecule has 3 aromatic rings. The maximum Gasteiger partial charge on any atom is 0.242 e. The zero-order valence-corrected chi connectivity index (χ0v) is 16.5. The summed E-state index contributed by atoms with van der Waals surface area (Å²) in [7, 11) is 0. The number of carbonyl (C=O) groups is 1. The third-order valence-corrected chi connectivity index (χ3v) is 5.67. The first-order valence-corrected chi connectivity index (χ1v) is 10.1. The summed E-state index contributed by atoms with van der Waals surface area (Å²) in [4.78, 5) is 17.7. The van der Waals surface area contributed by atoms with Crippen LogP contribution in [0.1, 0.15) is 35.8 Å². The molecule has 1 amide bonds. The number of thioether (sulfide) groups is 1. The molecular formula is C23H24N2OS. The summed E-state index contributed by atoms with van der Waals surface area (Å²) in [5, 5.41) is 3.68. The number of hydrogen-bond acceptors (Lipinski definition) is 3. The Morgan fingerprint density at radius 1 is 0.926 bits per heavy atom. The van der Waals surface area contributed by atoms with E-state index in [9.17, 15) is 4.79 Å². The number of benzene rings is 2. The smallest absolute Gasteiger partial charge is 0.242 e. The minimum Gasteiger partial charge on any atom is -0.324 e. The Morgan fingerprint density at radius 2 is 1.59 bits per heavy atom. The second-order valence-corrected chi connectivity index (χ2v) is 7.35. The standard InChI is InChI=1S/C23H24N2OS/c1-3-17-13-10-14-18(4-2)21(17)25-23(26)22(19-11-6-5-7-12-19)27-20-15-8-9-16-24-20/h5-16,22H,3-4H2,1-2H3,(H,25,26)/t22-/m0/s1. The summed E-state index contributed by atoms with van der Waals surface area (Å²) in [6.07, 6.45) is 3.52. The molecule has 0 aliphatic carbocycles. The van der Waals surface area contributed by atoms with E-state index in [0.29, 0.717) is 0 Å². The largest absolute Gasteiger partial charge is 0.324 e. The normalized spacial score (nSPS) is 11.8. The second-order valence-electron chi connectivity index (χ2n) is 6.22. The van der Waals surface area contributed by atoms with Crippen LogP contribution in [0.3, 0.4) is 0 Å². The Bertz CT molecular complexity index is 859. The number of pyridine rings is 1. The maximum atomic E-state index is 13.3. The van der Waals surface area contributed by atoms with Gasteiger partial charge >= 0.3 is 0 Å². The molecular weight excluding hydrogens is 352 g/mol. The summed E-state index contributed by atoms with van der Waals surface area (Å²) in [6, 6.07) is 21.9. The molecule has 1 N–H and O–H groups in total. The van der Waals surface area contributed by atoms with Crippen molar-refractivity contribution in [1.29, 1.82) is 0 Å². The van der Waals surface area contributed by atoms with Crippen LogP contribution in [-0.4, -0.2) is 10.9 Å². The van der Waals surface area contributed by atoms with Crippen molar-refractivity contribution >= 4 is 23.4 Å². The fourth-order valence-corrected chi connectivity index (χ4v) is 4.01. The van der Waals surface area contributed by atoms with Crippen molar-refractivity contribution in [1.82, 2.24) is 4.98 Å². The van der Waals surface area contributed by atoms with Gasteiger partial charge in [-0.05, 0) is 41.7 Å². The van der Waals surface area contributed by atoms with Gasteiger partial charge in [-0.2, -0.15) is 0 Å². The predicted octanol–water partition coefficient (Wildman–Crippen LogP) is 5.68. The number of nitrogens with zero attached hydrogens (tertiary/aromatic N) is 1. The van der Waals surface area contributed by atoms with Gasteiger partial charge in [0, 0.05) is 11.9 Å². The predicted molar refractivity (Wildman–Crippen MR) is 113 cm³/mol. The van der Waals surface area contributed by atoms with Crippen LogP contribution in [0.5, 0.6) is 0 Å². The van der Waals surface area contributed by atoms with E-state index >= 15 is 0 Å². The third-order valence-electron chi connectivity index (χ3n) is 4.46. The van der Waals surface area contributed by atoms with Crippen molar-refractivity contribution < 1.29 is 4.79 Å². The van der Waals surface area contributed by atoms with E-state index in [1.54, 1.807) is 6.20 Å². The zero-order valence-electron chi connectivity index (χ0n) is 15.7. The van der Waals surface area contributed by atoms with E-state index < -0.39 is 0 Å². The van der Waals surface area contributed by atoms with Crippen molar-refractivity contribution in [3.8, 4) is 0 Å². The van der Waals surface area contributed by atoms with E-state index in [1.807, 2.05) is 48.5 Å². The van der Waals surface area contributed by atoms with E-state index in [-0.39, 0.29) is 11.2 Å². The number of para-hydroxylation sites is 1. The van der Waals surface area contributed by atoms with E-state index in [0.717, 1.165) is 40.2 Å². The summed E-state index contributed by atoms with van der Waals surface area (Å²) in [6.45, 7) is 4.23.